The summed E-state index contributed by atoms with van der Waals surface area (Å²) in [7, 11) is 0. The molecule has 1 saturated heterocycles. The largest absolute Gasteiger partial charge is 0.342 e. The van der Waals surface area contributed by atoms with Crippen molar-refractivity contribution in [1.29, 1.82) is 0 Å². The molecule has 0 saturated carbocycles. The van der Waals surface area contributed by atoms with Gasteiger partial charge in [0.05, 0.1) is 11.4 Å². The van der Waals surface area contributed by atoms with E-state index in [2.05, 4.69) is 27.2 Å². The molecule has 23 heavy (non-hydrogen) atoms. The van der Waals surface area contributed by atoms with E-state index in [1.54, 1.807) is 18.3 Å². The molecule has 122 valence electrons. The van der Waals surface area contributed by atoms with Crippen molar-refractivity contribution in [2.24, 2.45) is 0 Å². The van der Waals surface area contributed by atoms with E-state index in [1.807, 2.05) is 24.8 Å². The van der Waals surface area contributed by atoms with Crippen molar-refractivity contribution in [3.8, 4) is 0 Å². The van der Waals surface area contributed by atoms with Crippen molar-refractivity contribution in [3.63, 3.8) is 0 Å². The molecule has 1 atom stereocenters. The van der Waals surface area contributed by atoms with Gasteiger partial charge in [0, 0.05) is 36.9 Å². The molecule has 1 N–H and O–H groups in total. The lowest BCUT2D eigenvalue weighted by atomic mass is 10.0. The number of carbonyl (C=O) groups is 1. The van der Waals surface area contributed by atoms with Crippen LogP contribution in [0, 0.1) is 20.8 Å². The first-order chi connectivity index (χ1) is 10.9. The Morgan fingerprint density at radius 3 is 2.70 bits per heavy atom. The fraction of sp³-hybridized carbons (Fsp3) is 0.500. The van der Waals surface area contributed by atoms with E-state index in [-0.39, 0.29) is 11.8 Å². The van der Waals surface area contributed by atoms with Crippen molar-refractivity contribution < 1.29 is 4.79 Å². The highest BCUT2D eigenvalue weighted by molar-refractivity contribution is 7.15. The number of likely N-dealkylation sites (tertiary alicyclic amines) is 1. The van der Waals surface area contributed by atoms with E-state index in [1.165, 1.54) is 4.88 Å². The van der Waals surface area contributed by atoms with Gasteiger partial charge in [-0.3, -0.25) is 4.79 Å². The van der Waals surface area contributed by atoms with Gasteiger partial charge in [-0.2, -0.15) is 0 Å². The van der Waals surface area contributed by atoms with Crippen LogP contribution in [-0.2, 0) is 4.79 Å². The molecule has 1 aliphatic heterocycles. The zero-order valence-corrected chi connectivity index (χ0v) is 14.7. The first-order valence-corrected chi connectivity index (χ1v) is 8.56. The van der Waals surface area contributed by atoms with Gasteiger partial charge in [-0.25, -0.2) is 15.0 Å². The van der Waals surface area contributed by atoms with Crippen LogP contribution in [0.5, 0.6) is 0 Å². The van der Waals surface area contributed by atoms with Gasteiger partial charge < -0.3 is 10.2 Å². The van der Waals surface area contributed by atoms with E-state index in [4.69, 9.17) is 0 Å². The van der Waals surface area contributed by atoms with Crippen LogP contribution in [0.25, 0.3) is 0 Å². The fourth-order valence-corrected chi connectivity index (χ4v) is 3.61. The van der Waals surface area contributed by atoms with E-state index in [0.29, 0.717) is 0 Å². The third-order valence-corrected chi connectivity index (χ3v) is 5.16. The van der Waals surface area contributed by atoms with Crippen molar-refractivity contribution in [2.75, 3.05) is 18.4 Å². The van der Waals surface area contributed by atoms with Crippen LogP contribution >= 0.6 is 11.3 Å². The maximum atomic E-state index is 11.5. The zero-order valence-electron chi connectivity index (χ0n) is 13.9. The Labute approximate surface area is 140 Å². The third kappa shape index (κ3) is 3.50. The van der Waals surface area contributed by atoms with Crippen molar-refractivity contribution >= 4 is 28.2 Å². The van der Waals surface area contributed by atoms with Crippen molar-refractivity contribution in [3.05, 3.63) is 28.2 Å². The second kappa shape index (κ2) is 6.23. The number of aromatic nitrogens is 3. The molecule has 3 heterocycles. The summed E-state index contributed by atoms with van der Waals surface area (Å²) in [6.07, 6.45) is 0.949. The van der Waals surface area contributed by atoms with Crippen molar-refractivity contribution in [2.45, 2.75) is 40.0 Å². The number of amides is 1. The van der Waals surface area contributed by atoms with Crippen LogP contribution in [0.4, 0.5) is 10.9 Å². The molecular weight excluding hydrogens is 310 g/mol. The van der Waals surface area contributed by atoms with Gasteiger partial charge in [-0.1, -0.05) is 0 Å². The number of anilines is 2. The Kier molecular flexibility index (Phi) is 4.30. The fourth-order valence-electron chi connectivity index (χ4n) is 2.79. The summed E-state index contributed by atoms with van der Waals surface area (Å²) in [4.78, 5) is 28.1. The van der Waals surface area contributed by atoms with Gasteiger partial charge in [-0.15, -0.1) is 11.3 Å². The van der Waals surface area contributed by atoms with Gasteiger partial charge in [0.1, 0.15) is 11.6 Å². The Hall–Kier alpha value is -2.02. The highest BCUT2D eigenvalue weighted by Gasteiger charge is 2.27. The Morgan fingerprint density at radius 2 is 2.09 bits per heavy atom. The predicted octanol–water partition coefficient (Wildman–Crippen LogP) is 2.94. The molecule has 0 spiro atoms. The summed E-state index contributed by atoms with van der Waals surface area (Å²) in [5, 5.41) is 4.13. The summed E-state index contributed by atoms with van der Waals surface area (Å²) in [5.41, 5.74) is 2.03. The van der Waals surface area contributed by atoms with Crippen molar-refractivity contribution in [1.82, 2.24) is 19.9 Å². The summed E-state index contributed by atoms with van der Waals surface area (Å²) in [6, 6.07) is 1.98. The maximum Gasteiger partial charge on any atom is 0.219 e. The molecule has 0 aromatic carbocycles. The number of aryl methyl sites for hydroxylation is 3. The number of rotatable bonds is 3. The standard InChI is InChI=1S/C16H21N5OS/c1-9-10(2)23-16(17-9)20-15-7-14(18-11(3)19-15)13-5-6-21(8-13)12(4)22/h7,13H,5-6,8H2,1-4H3,(H,17,18,19,20)/t13-/m1/s1. The van der Waals surface area contributed by atoms with Gasteiger partial charge in [0.25, 0.3) is 0 Å². The summed E-state index contributed by atoms with van der Waals surface area (Å²) >= 11 is 1.62. The minimum atomic E-state index is 0.130. The van der Waals surface area contributed by atoms with Gasteiger partial charge in [0.2, 0.25) is 5.91 Å². The SMILES string of the molecule is CC(=O)N1CC[C@@H](c2cc(Nc3nc(C)c(C)s3)nc(C)n2)C1. The molecule has 0 unspecified atom stereocenters. The van der Waals surface area contributed by atoms with Crippen LogP contribution in [0.1, 0.15) is 41.4 Å². The molecule has 0 bridgehead atoms. The Balaban J connectivity index is 1.80. The highest BCUT2D eigenvalue weighted by atomic mass is 32.1. The molecule has 1 amide bonds. The number of nitrogens with one attached hydrogen (secondary N) is 1. The number of thiazole rings is 1. The average Bonchev–Trinajstić information content (AvgIpc) is 3.06. The van der Waals surface area contributed by atoms with Crippen LogP contribution in [0.3, 0.4) is 0 Å². The second-order valence-electron chi connectivity index (χ2n) is 5.96. The van der Waals surface area contributed by atoms with E-state index in [0.717, 1.165) is 47.7 Å². The molecule has 1 aliphatic rings. The number of nitrogens with zero attached hydrogens (tertiary/aromatic N) is 4. The highest BCUT2D eigenvalue weighted by Crippen LogP contribution is 2.29. The van der Waals surface area contributed by atoms with Crippen LogP contribution in [0.2, 0.25) is 0 Å². The predicted molar refractivity (Wildman–Crippen MR) is 91.3 cm³/mol. The average molecular weight is 331 g/mol. The summed E-state index contributed by atoms with van der Waals surface area (Å²) in [6.45, 7) is 9.11. The topological polar surface area (TPSA) is 71.0 Å². The van der Waals surface area contributed by atoms with Gasteiger partial charge in [0.15, 0.2) is 5.13 Å². The smallest absolute Gasteiger partial charge is 0.219 e. The Morgan fingerprint density at radius 1 is 1.30 bits per heavy atom. The maximum absolute atomic E-state index is 11.5. The van der Waals surface area contributed by atoms with Crippen LogP contribution in [-0.4, -0.2) is 38.8 Å². The quantitative estimate of drug-likeness (QED) is 0.936. The molecule has 3 rings (SSSR count). The summed E-state index contributed by atoms with van der Waals surface area (Å²) in [5.74, 6) is 1.91. The lowest BCUT2D eigenvalue weighted by molar-refractivity contribution is -0.127. The van der Waals surface area contributed by atoms with E-state index >= 15 is 0 Å². The monoisotopic (exact) mass is 331 g/mol. The molecular formula is C16H21N5OS. The van der Waals surface area contributed by atoms with Crippen LogP contribution in [0.15, 0.2) is 6.07 Å². The minimum absolute atomic E-state index is 0.130. The second-order valence-corrected chi connectivity index (χ2v) is 7.16. The number of hydrogen-bond donors (Lipinski definition) is 1. The van der Waals surface area contributed by atoms with Gasteiger partial charge in [-0.05, 0) is 27.2 Å². The zero-order chi connectivity index (χ0) is 16.6. The number of hydrogen-bond acceptors (Lipinski definition) is 6. The first-order valence-electron chi connectivity index (χ1n) is 7.74. The molecule has 7 heteroatoms. The normalized spacial score (nSPS) is 17.6. The Bertz CT molecular complexity index is 723. The molecule has 1 fully saturated rings. The first kappa shape index (κ1) is 15.9. The lowest BCUT2D eigenvalue weighted by Gasteiger charge is -2.14. The lowest BCUT2D eigenvalue weighted by Crippen LogP contribution is -2.25. The molecule has 0 radical (unpaired) electrons. The molecule has 6 nitrogen and oxygen atoms in total. The number of carbonyl (C=O) groups excluding carboxylic acids is 1. The van der Waals surface area contributed by atoms with E-state index in [9.17, 15) is 4.79 Å². The summed E-state index contributed by atoms with van der Waals surface area (Å²) < 4.78 is 0. The third-order valence-electron chi connectivity index (χ3n) is 4.17. The molecule has 0 aliphatic carbocycles. The van der Waals surface area contributed by atoms with Crippen LogP contribution < -0.4 is 5.32 Å². The van der Waals surface area contributed by atoms with E-state index < -0.39 is 0 Å². The molecule has 2 aromatic rings. The minimum Gasteiger partial charge on any atom is -0.342 e. The molecule has 2 aromatic heterocycles. The van der Waals surface area contributed by atoms with Gasteiger partial charge >= 0.3 is 0 Å².